The summed E-state index contributed by atoms with van der Waals surface area (Å²) in [5.41, 5.74) is 5.26. The van der Waals surface area contributed by atoms with Crippen LogP contribution >= 0.6 is 11.8 Å². The molecular formula is C29H29N5O5S. The highest BCUT2D eigenvalue weighted by Gasteiger charge is 2.40. The zero-order chi connectivity index (χ0) is 29.0. The van der Waals surface area contributed by atoms with Crippen LogP contribution in [-0.2, 0) is 9.59 Å². The first-order valence-corrected chi connectivity index (χ1v) is 13.4. The van der Waals surface area contributed by atoms with E-state index in [1.54, 1.807) is 0 Å². The smallest absolute Gasteiger partial charge is 0.271 e. The summed E-state index contributed by atoms with van der Waals surface area (Å²) in [7, 11) is 1.40. The number of amidine groups is 1. The zero-order valence-corrected chi connectivity index (χ0v) is 23.6. The normalized spacial score (nSPS) is 16.4. The maximum Gasteiger partial charge on any atom is 0.271 e. The SMILES string of the molecule is COc1ccc([N+](=O)[O-])cc1NC(=O)CC1SC(=Nc2cccc(C)c2C)N(/N=C(/C)c2ccc(C)cc2)C1=O. The van der Waals surface area contributed by atoms with E-state index in [0.29, 0.717) is 16.6 Å². The Morgan fingerprint density at radius 2 is 1.85 bits per heavy atom. The van der Waals surface area contributed by atoms with Crippen LogP contribution in [0.25, 0.3) is 0 Å². The number of nitrogens with one attached hydrogen (secondary N) is 1. The summed E-state index contributed by atoms with van der Waals surface area (Å²) in [6.45, 7) is 7.74. The fourth-order valence-electron chi connectivity index (χ4n) is 3.99. The van der Waals surface area contributed by atoms with Crippen LogP contribution in [0.1, 0.15) is 35.6 Å². The van der Waals surface area contributed by atoms with Gasteiger partial charge in [0.2, 0.25) is 5.91 Å². The van der Waals surface area contributed by atoms with Crippen LogP contribution in [0.4, 0.5) is 17.1 Å². The number of hydrazone groups is 1. The van der Waals surface area contributed by atoms with Crippen LogP contribution in [0.15, 0.2) is 70.8 Å². The van der Waals surface area contributed by atoms with Gasteiger partial charge in [-0.25, -0.2) is 4.99 Å². The average molecular weight is 560 g/mol. The molecular weight excluding hydrogens is 530 g/mol. The minimum atomic E-state index is -0.803. The van der Waals surface area contributed by atoms with E-state index in [9.17, 15) is 19.7 Å². The first kappa shape index (κ1) is 28.5. The number of amides is 2. The number of hydrogen-bond acceptors (Lipinski definition) is 8. The van der Waals surface area contributed by atoms with Crippen molar-refractivity contribution in [2.45, 2.75) is 39.4 Å². The number of anilines is 1. The quantitative estimate of drug-likeness (QED) is 0.208. The van der Waals surface area contributed by atoms with Gasteiger partial charge in [0.05, 0.1) is 29.1 Å². The summed E-state index contributed by atoms with van der Waals surface area (Å²) in [6, 6.07) is 17.4. The van der Waals surface area contributed by atoms with Crippen molar-refractivity contribution in [3.63, 3.8) is 0 Å². The number of thioether (sulfide) groups is 1. The lowest BCUT2D eigenvalue weighted by molar-refractivity contribution is -0.384. The van der Waals surface area contributed by atoms with Crippen LogP contribution in [0.5, 0.6) is 5.75 Å². The lowest BCUT2D eigenvalue weighted by atomic mass is 10.1. The van der Waals surface area contributed by atoms with E-state index in [0.717, 1.165) is 34.0 Å². The third-order valence-electron chi connectivity index (χ3n) is 6.46. The minimum absolute atomic E-state index is 0.145. The van der Waals surface area contributed by atoms with Gasteiger partial charge < -0.3 is 10.1 Å². The fraction of sp³-hybridized carbons (Fsp3) is 0.241. The van der Waals surface area contributed by atoms with Crippen molar-refractivity contribution in [2.75, 3.05) is 12.4 Å². The molecule has 0 aromatic heterocycles. The summed E-state index contributed by atoms with van der Waals surface area (Å²) >= 11 is 1.15. The molecule has 4 rings (SSSR count). The van der Waals surface area contributed by atoms with E-state index in [2.05, 4.69) is 10.4 Å². The topological polar surface area (TPSA) is 126 Å². The maximum atomic E-state index is 13.6. The number of nitro groups is 1. The van der Waals surface area contributed by atoms with Crippen LogP contribution < -0.4 is 10.1 Å². The Balaban J connectivity index is 1.63. The number of aliphatic imine (C=N–C) groups is 1. The average Bonchev–Trinajstić information content (AvgIpc) is 3.20. The molecule has 11 heteroatoms. The molecule has 1 unspecified atom stereocenters. The lowest BCUT2D eigenvalue weighted by Crippen LogP contribution is -2.30. The van der Waals surface area contributed by atoms with E-state index >= 15 is 0 Å². The number of non-ortho nitro benzene ring substituents is 1. The third kappa shape index (κ3) is 6.37. The Labute approximate surface area is 236 Å². The van der Waals surface area contributed by atoms with E-state index in [-0.39, 0.29) is 29.5 Å². The number of nitro benzene ring substituents is 1. The Kier molecular flexibility index (Phi) is 8.64. The van der Waals surface area contributed by atoms with Crippen molar-refractivity contribution < 1.29 is 19.2 Å². The van der Waals surface area contributed by atoms with Crippen molar-refractivity contribution in [3.8, 4) is 5.75 Å². The summed E-state index contributed by atoms with van der Waals surface area (Å²) in [5.74, 6) is -0.625. The first-order valence-electron chi connectivity index (χ1n) is 12.5. The number of carbonyl (C=O) groups excluding carboxylic acids is 2. The fourth-order valence-corrected chi connectivity index (χ4v) is 5.06. The monoisotopic (exact) mass is 559 g/mol. The van der Waals surface area contributed by atoms with Crippen molar-refractivity contribution in [2.24, 2.45) is 10.1 Å². The van der Waals surface area contributed by atoms with Crippen molar-refractivity contribution >= 4 is 51.5 Å². The van der Waals surface area contributed by atoms with Crippen LogP contribution in [0.3, 0.4) is 0 Å². The van der Waals surface area contributed by atoms with Gasteiger partial charge >= 0.3 is 0 Å². The van der Waals surface area contributed by atoms with Crippen molar-refractivity contribution in [3.05, 3.63) is 93.0 Å². The molecule has 206 valence electrons. The van der Waals surface area contributed by atoms with Crippen LogP contribution in [0, 0.1) is 30.9 Å². The number of benzene rings is 3. The Hall–Kier alpha value is -4.51. The maximum absolute atomic E-state index is 13.6. The van der Waals surface area contributed by atoms with Gasteiger partial charge in [0.15, 0.2) is 5.17 Å². The largest absolute Gasteiger partial charge is 0.495 e. The summed E-state index contributed by atoms with van der Waals surface area (Å²) in [6.07, 6.45) is -0.198. The molecule has 3 aromatic carbocycles. The number of carbonyl (C=O) groups is 2. The molecule has 0 bridgehead atoms. The molecule has 0 radical (unpaired) electrons. The van der Waals surface area contributed by atoms with Gasteiger partial charge in [-0.05, 0) is 56.5 Å². The second kappa shape index (κ2) is 12.1. The van der Waals surface area contributed by atoms with Gasteiger partial charge in [0.25, 0.3) is 11.6 Å². The molecule has 3 aromatic rings. The molecule has 1 fully saturated rings. The van der Waals surface area contributed by atoms with Gasteiger partial charge in [-0.3, -0.25) is 19.7 Å². The van der Waals surface area contributed by atoms with Gasteiger partial charge in [-0.1, -0.05) is 53.7 Å². The van der Waals surface area contributed by atoms with E-state index in [1.165, 1.54) is 30.3 Å². The van der Waals surface area contributed by atoms with Crippen molar-refractivity contribution in [1.82, 2.24) is 5.01 Å². The highest BCUT2D eigenvalue weighted by molar-refractivity contribution is 8.15. The molecule has 40 heavy (non-hydrogen) atoms. The molecule has 2 amide bonds. The van der Waals surface area contributed by atoms with E-state index in [1.807, 2.05) is 70.2 Å². The Morgan fingerprint density at radius 3 is 2.52 bits per heavy atom. The van der Waals surface area contributed by atoms with E-state index < -0.39 is 16.1 Å². The number of nitrogens with zero attached hydrogens (tertiary/aromatic N) is 4. The Morgan fingerprint density at radius 1 is 1.12 bits per heavy atom. The lowest BCUT2D eigenvalue weighted by Gasteiger charge is -2.13. The summed E-state index contributed by atoms with van der Waals surface area (Å²) in [5, 5.41) is 19.3. The standard InChI is InChI=1S/C29H29N5O5S/c1-17-9-11-21(12-10-17)20(4)32-33-28(36)26(40-29(33)31-23-8-6-7-18(2)19(23)3)16-27(35)30-24-15-22(34(37)38)13-14-25(24)39-5/h6-15,26H,16H2,1-5H3,(H,30,35)/b31-29?,32-20-. The second-order valence-electron chi connectivity index (χ2n) is 9.32. The number of aryl methyl sites for hydroxylation is 2. The Bertz CT molecular complexity index is 1530. The molecule has 0 aliphatic carbocycles. The summed E-state index contributed by atoms with van der Waals surface area (Å²) < 4.78 is 5.23. The third-order valence-corrected chi connectivity index (χ3v) is 7.59. The first-order chi connectivity index (χ1) is 19.1. The number of rotatable bonds is 8. The van der Waals surface area contributed by atoms with Crippen LogP contribution in [0.2, 0.25) is 0 Å². The molecule has 1 aliphatic heterocycles. The molecule has 1 atom stereocenters. The molecule has 1 saturated heterocycles. The van der Waals surface area contributed by atoms with Gasteiger partial charge in [0.1, 0.15) is 11.0 Å². The van der Waals surface area contributed by atoms with Gasteiger partial charge in [-0.2, -0.15) is 10.1 Å². The second-order valence-corrected chi connectivity index (χ2v) is 10.5. The number of ether oxygens (including phenoxy) is 1. The van der Waals surface area contributed by atoms with Gasteiger partial charge in [-0.15, -0.1) is 0 Å². The highest BCUT2D eigenvalue weighted by atomic mass is 32.2. The molecule has 1 aliphatic rings. The zero-order valence-electron chi connectivity index (χ0n) is 22.8. The molecule has 1 N–H and O–H groups in total. The van der Waals surface area contributed by atoms with Crippen molar-refractivity contribution in [1.29, 1.82) is 0 Å². The minimum Gasteiger partial charge on any atom is -0.495 e. The molecule has 0 spiro atoms. The molecule has 1 heterocycles. The van der Waals surface area contributed by atoms with Gasteiger partial charge in [0, 0.05) is 18.6 Å². The highest BCUT2D eigenvalue weighted by Crippen LogP contribution is 2.35. The molecule has 10 nitrogen and oxygen atoms in total. The van der Waals surface area contributed by atoms with Crippen LogP contribution in [-0.4, -0.2) is 45.0 Å². The molecule has 0 saturated carbocycles. The predicted octanol–water partition coefficient (Wildman–Crippen LogP) is 5.91. The summed E-state index contributed by atoms with van der Waals surface area (Å²) in [4.78, 5) is 42.0. The number of methoxy groups -OCH3 is 1. The number of hydrogen-bond donors (Lipinski definition) is 1. The predicted molar refractivity (Wildman–Crippen MR) is 158 cm³/mol. The van der Waals surface area contributed by atoms with E-state index in [4.69, 9.17) is 9.73 Å².